The Balaban J connectivity index is 2.28. The van der Waals surface area contributed by atoms with Gasteiger partial charge in [0, 0.05) is 13.1 Å². The molecule has 1 aromatic rings. The van der Waals surface area contributed by atoms with Gasteiger partial charge >= 0.3 is 6.03 Å². The number of carbonyl (C=O) groups is 1. The van der Waals surface area contributed by atoms with E-state index >= 15 is 0 Å². The second-order valence-corrected chi connectivity index (χ2v) is 6.64. The van der Waals surface area contributed by atoms with E-state index in [2.05, 4.69) is 4.98 Å². The predicted molar refractivity (Wildman–Crippen MR) is 80.3 cm³/mol. The molecule has 1 atom stereocenters. The molecule has 9 nitrogen and oxygen atoms in total. The van der Waals surface area contributed by atoms with E-state index in [9.17, 15) is 13.2 Å². The Morgan fingerprint density at radius 2 is 2.22 bits per heavy atom. The first kappa shape index (κ1) is 17.0. The van der Waals surface area contributed by atoms with Crippen LogP contribution in [-0.4, -0.2) is 57.0 Å². The zero-order valence-electron chi connectivity index (χ0n) is 12.9. The summed E-state index contributed by atoms with van der Waals surface area (Å²) in [6.07, 6.45) is 0.356. The standard InChI is InChI=1S/C13H16N4O5S/c1-4-23(19,20)22-12-8-17(13(18)16(12)2)11-5-10(21-3)9(6-14)7-15-11/h5,7,12H,4,8H2,1-3H3. The van der Waals surface area contributed by atoms with Crippen molar-refractivity contribution in [2.24, 2.45) is 0 Å². The molecule has 1 unspecified atom stereocenters. The van der Waals surface area contributed by atoms with Crippen LogP contribution in [0, 0.1) is 11.3 Å². The number of rotatable bonds is 5. The summed E-state index contributed by atoms with van der Waals surface area (Å²) in [7, 11) is -0.853. The van der Waals surface area contributed by atoms with Crippen LogP contribution < -0.4 is 9.64 Å². The van der Waals surface area contributed by atoms with E-state index in [1.165, 1.54) is 43.1 Å². The quantitative estimate of drug-likeness (QED) is 0.718. The van der Waals surface area contributed by atoms with Crippen LogP contribution in [0.15, 0.2) is 12.3 Å². The zero-order chi connectivity index (χ0) is 17.2. The molecular formula is C13H16N4O5S. The summed E-state index contributed by atoms with van der Waals surface area (Å²) in [5.74, 6) is 0.338. The van der Waals surface area contributed by atoms with Crippen molar-refractivity contribution in [3.63, 3.8) is 0 Å². The van der Waals surface area contributed by atoms with Crippen molar-refractivity contribution in [2.75, 3.05) is 31.4 Å². The number of urea groups is 1. The van der Waals surface area contributed by atoms with Crippen LogP contribution in [-0.2, 0) is 14.3 Å². The van der Waals surface area contributed by atoms with Crippen molar-refractivity contribution in [3.8, 4) is 11.8 Å². The fourth-order valence-corrected chi connectivity index (χ4v) is 2.69. The number of nitrogens with zero attached hydrogens (tertiary/aromatic N) is 4. The second kappa shape index (κ2) is 6.39. The Labute approximate surface area is 134 Å². The molecule has 124 valence electrons. The van der Waals surface area contributed by atoms with Crippen molar-refractivity contribution < 1.29 is 22.1 Å². The smallest absolute Gasteiger partial charge is 0.327 e. The molecule has 1 saturated heterocycles. The number of amides is 2. The molecule has 2 rings (SSSR count). The van der Waals surface area contributed by atoms with Crippen molar-refractivity contribution in [1.82, 2.24) is 9.88 Å². The van der Waals surface area contributed by atoms with Gasteiger partial charge in [-0.15, -0.1) is 0 Å². The van der Waals surface area contributed by atoms with Crippen LogP contribution in [0.2, 0.25) is 0 Å². The lowest BCUT2D eigenvalue weighted by molar-refractivity contribution is 0.111. The van der Waals surface area contributed by atoms with Gasteiger partial charge in [-0.05, 0) is 6.92 Å². The molecule has 1 aromatic heterocycles. The van der Waals surface area contributed by atoms with E-state index in [0.717, 1.165) is 0 Å². The summed E-state index contributed by atoms with van der Waals surface area (Å²) in [4.78, 5) is 18.8. The highest BCUT2D eigenvalue weighted by atomic mass is 32.2. The van der Waals surface area contributed by atoms with Crippen molar-refractivity contribution >= 4 is 22.0 Å². The maximum absolute atomic E-state index is 12.3. The van der Waals surface area contributed by atoms with Crippen LogP contribution in [0.5, 0.6) is 5.75 Å². The molecule has 1 aliphatic heterocycles. The van der Waals surface area contributed by atoms with Crippen molar-refractivity contribution in [2.45, 2.75) is 13.2 Å². The van der Waals surface area contributed by atoms with Crippen molar-refractivity contribution in [1.29, 1.82) is 5.26 Å². The third-order valence-electron chi connectivity index (χ3n) is 3.38. The largest absolute Gasteiger partial charge is 0.495 e. The third kappa shape index (κ3) is 3.35. The van der Waals surface area contributed by atoms with E-state index in [0.29, 0.717) is 0 Å². The van der Waals surface area contributed by atoms with Gasteiger partial charge in [0.25, 0.3) is 10.1 Å². The van der Waals surface area contributed by atoms with Gasteiger partial charge in [-0.25, -0.2) is 14.0 Å². The Kier molecular flexibility index (Phi) is 4.72. The van der Waals surface area contributed by atoms with Gasteiger partial charge < -0.3 is 4.74 Å². The Morgan fingerprint density at radius 1 is 1.52 bits per heavy atom. The minimum absolute atomic E-state index is 0.00336. The predicted octanol–water partition coefficient (Wildman–Crippen LogP) is 0.526. The molecule has 10 heteroatoms. The molecule has 0 aliphatic carbocycles. The number of nitriles is 1. The average molecular weight is 340 g/mol. The van der Waals surface area contributed by atoms with Gasteiger partial charge in [-0.1, -0.05) is 0 Å². The topological polar surface area (TPSA) is 113 Å². The monoisotopic (exact) mass is 340 g/mol. The summed E-state index contributed by atoms with van der Waals surface area (Å²) in [6, 6.07) is 2.91. The summed E-state index contributed by atoms with van der Waals surface area (Å²) in [5.41, 5.74) is 0.234. The first-order chi connectivity index (χ1) is 10.8. The number of carbonyl (C=O) groups excluding carboxylic acids is 1. The summed E-state index contributed by atoms with van der Waals surface area (Å²) in [5, 5.41) is 8.95. The Morgan fingerprint density at radius 3 is 2.78 bits per heavy atom. The number of pyridine rings is 1. The molecule has 0 N–H and O–H groups in total. The maximum Gasteiger partial charge on any atom is 0.327 e. The van der Waals surface area contributed by atoms with Gasteiger partial charge in [0.1, 0.15) is 23.2 Å². The molecule has 2 heterocycles. The van der Waals surface area contributed by atoms with Gasteiger partial charge in [-0.3, -0.25) is 9.80 Å². The molecule has 0 bridgehead atoms. The first-order valence-corrected chi connectivity index (χ1v) is 8.30. The SMILES string of the molecule is CCS(=O)(=O)OC1CN(c2cc(OC)c(C#N)cn2)C(=O)N1C. The molecule has 1 fully saturated rings. The molecule has 0 aromatic carbocycles. The molecule has 23 heavy (non-hydrogen) atoms. The van der Waals surface area contributed by atoms with E-state index in [1.54, 1.807) is 0 Å². The van der Waals surface area contributed by atoms with Gasteiger partial charge in [0.15, 0.2) is 6.23 Å². The van der Waals surface area contributed by atoms with Gasteiger partial charge in [0.05, 0.1) is 25.6 Å². The van der Waals surface area contributed by atoms with Gasteiger partial charge in [0.2, 0.25) is 0 Å². The normalized spacial score (nSPS) is 18.2. The highest BCUT2D eigenvalue weighted by Crippen LogP contribution is 2.27. The second-order valence-electron chi connectivity index (χ2n) is 4.76. The van der Waals surface area contributed by atoms with Crippen LogP contribution in [0.1, 0.15) is 12.5 Å². The van der Waals surface area contributed by atoms with E-state index in [1.807, 2.05) is 6.07 Å². The summed E-state index contributed by atoms with van der Waals surface area (Å²) < 4.78 is 33.3. The highest BCUT2D eigenvalue weighted by molar-refractivity contribution is 7.86. The number of hydrogen-bond acceptors (Lipinski definition) is 7. The fraction of sp³-hybridized carbons (Fsp3) is 0.462. The van der Waals surface area contributed by atoms with E-state index < -0.39 is 22.4 Å². The van der Waals surface area contributed by atoms with Crippen LogP contribution in [0.4, 0.5) is 10.6 Å². The van der Waals surface area contributed by atoms with Gasteiger partial charge in [-0.2, -0.15) is 13.7 Å². The zero-order valence-corrected chi connectivity index (χ0v) is 13.7. The molecule has 0 spiro atoms. The fourth-order valence-electron chi connectivity index (χ4n) is 2.02. The maximum atomic E-state index is 12.3. The number of aromatic nitrogens is 1. The Hall–Kier alpha value is -2.38. The molecule has 0 radical (unpaired) electrons. The Bertz CT molecular complexity index is 758. The summed E-state index contributed by atoms with van der Waals surface area (Å²) >= 11 is 0. The van der Waals surface area contributed by atoms with E-state index in [4.69, 9.17) is 14.2 Å². The van der Waals surface area contributed by atoms with Crippen LogP contribution in [0.25, 0.3) is 0 Å². The minimum Gasteiger partial charge on any atom is -0.495 e. The number of hydrogen-bond donors (Lipinski definition) is 0. The summed E-state index contributed by atoms with van der Waals surface area (Å²) in [6.45, 7) is 1.45. The molecule has 1 aliphatic rings. The lowest BCUT2D eigenvalue weighted by atomic mass is 10.2. The van der Waals surface area contributed by atoms with Crippen molar-refractivity contribution in [3.05, 3.63) is 17.8 Å². The lowest BCUT2D eigenvalue weighted by Crippen LogP contribution is -2.34. The van der Waals surface area contributed by atoms with E-state index in [-0.39, 0.29) is 29.4 Å². The highest BCUT2D eigenvalue weighted by Gasteiger charge is 2.39. The number of anilines is 1. The number of ether oxygens (including phenoxy) is 1. The molecule has 0 saturated carbocycles. The first-order valence-electron chi connectivity index (χ1n) is 6.72. The number of methoxy groups -OCH3 is 1. The number of likely N-dealkylation sites (N-methyl/N-ethyl adjacent to an activating group) is 1. The molecular weight excluding hydrogens is 324 g/mol. The minimum atomic E-state index is -3.70. The lowest BCUT2D eigenvalue weighted by Gasteiger charge is -2.16. The molecule has 2 amide bonds. The van der Waals surface area contributed by atoms with Crippen LogP contribution in [0.3, 0.4) is 0 Å². The third-order valence-corrected chi connectivity index (χ3v) is 4.61. The van der Waals surface area contributed by atoms with Crippen LogP contribution >= 0.6 is 0 Å². The average Bonchev–Trinajstić information content (AvgIpc) is 2.82.